The number of halogens is 1. The number of hydrogen-bond donors (Lipinski definition) is 4. The SMILES string of the molecule is O=c1nc(NC2OC[C@@H](O)[C@@H](O)[C@@H]2O)ccn1F. The van der Waals surface area contributed by atoms with E-state index in [0.717, 1.165) is 12.3 Å². The summed E-state index contributed by atoms with van der Waals surface area (Å²) in [4.78, 5) is 14.0. The molecule has 1 aliphatic rings. The molecule has 2 heterocycles. The summed E-state index contributed by atoms with van der Waals surface area (Å²) >= 11 is 0. The molecule has 1 aromatic heterocycles. The number of aromatic nitrogens is 2. The average molecular weight is 261 g/mol. The van der Waals surface area contributed by atoms with Crippen molar-refractivity contribution in [3.05, 3.63) is 22.7 Å². The summed E-state index contributed by atoms with van der Waals surface area (Å²) < 4.78 is 17.7. The van der Waals surface area contributed by atoms with Crippen molar-refractivity contribution in [3.8, 4) is 0 Å². The van der Waals surface area contributed by atoms with Gasteiger partial charge in [-0.25, -0.2) is 4.79 Å². The lowest BCUT2D eigenvalue weighted by atomic mass is 10.0. The molecule has 1 unspecified atom stereocenters. The molecule has 0 saturated carbocycles. The van der Waals surface area contributed by atoms with E-state index in [0.29, 0.717) is 0 Å². The molecule has 2 rings (SSSR count). The smallest absolute Gasteiger partial charge is 0.377 e. The number of nitrogens with zero attached hydrogens (tertiary/aromatic N) is 2. The Morgan fingerprint density at radius 3 is 2.83 bits per heavy atom. The second-order valence-corrected chi connectivity index (χ2v) is 3.85. The van der Waals surface area contributed by atoms with E-state index in [-0.39, 0.29) is 17.2 Å². The summed E-state index contributed by atoms with van der Waals surface area (Å²) in [7, 11) is 0. The monoisotopic (exact) mass is 261 g/mol. The molecule has 0 radical (unpaired) electrons. The van der Waals surface area contributed by atoms with Crippen molar-refractivity contribution in [1.29, 1.82) is 0 Å². The molecule has 0 aromatic carbocycles. The van der Waals surface area contributed by atoms with Crippen molar-refractivity contribution in [2.45, 2.75) is 24.5 Å². The van der Waals surface area contributed by atoms with Gasteiger partial charge in [-0.2, -0.15) is 4.98 Å². The van der Waals surface area contributed by atoms with Crippen LogP contribution in [-0.4, -0.2) is 56.2 Å². The number of rotatable bonds is 2. The molecule has 0 bridgehead atoms. The van der Waals surface area contributed by atoms with Crippen molar-refractivity contribution >= 4 is 5.82 Å². The molecule has 18 heavy (non-hydrogen) atoms. The van der Waals surface area contributed by atoms with Crippen LogP contribution in [0, 0.1) is 0 Å². The van der Waals surface area contributed by atoms with Gasteiger partial charge in [-0.1, -0.05) is 4.48 Å². The lowest BCUT2D eigenvalue weighted by Crippen LogP contribution is -2.55. The zero-order chi connectivity index (χ0) is 13.3. The van der Waals surface area contributed by atoms with Crippen molar-refractivity contribution in [1.82, 2.24) is 9.77 Å². The summed E-state index contributed by atoms with van der Waals surface area (Å²) in [6, 6.07) is 1.16. The van der Waals surface area contributed by atoms with Crippen LogP contribution in [0.25, 0.3) is 0 Å². The highest BCUT2D eigenvalue weighted by molar-refractivity contribution is 5.33. The minimum atomic E-state index is -1.40. The number of aliphatic hydroxyl groups excluding tert-OH is 3. The maximum absolute atomic E-state index is 12.6. The van der Waals surface area contributed by atoms with Crippen molar-refractivity contribution < 1.29 is 24.5 Å². The maximum Gasteiger partial charge on any atom is 0.377 e. The first-order chi connectivity index (χ1) is 8.49. The third kappa shape index (κ3) is 2.48. The summed E-state index contributed by atoms with van der Waals surface area (Å²) in [6.45, 7) is -0.184. The number of anilines is 1. The highest BCUT2D eigenvalue weighted by Crippen LogP contribution is 2.16. The Kier molecular flexibility index (Phi) is 3.57. The van der Waals surface area contributed by atoms with Gasteiger partial charge >= 0.3 is 5.69 Å². The Hall–Kier alpha value is -1.55. The Balaban J connectivity index is 2.09. The molecule has 4 atom stereocenters. The third-order valence-electron chi connectivity index (χ3n) is 2.55. The summed E-state index contributed by atoms with van der Waals surface area (Å²) in [5.41, 5.74) is -1.12. The predicted molar refractivity (Wildman–Crippen MR) is 56.4 cm³/mol. The number of hydrogen-bond acceptors (Lipinski definition) is 7. The van der Waals surface area contributed by atoms with Gasteiger partial charge in [0, 0.05) is 6.20 Å². The topological polar surface area (TPSA) is 117 Å². The van der Waals surface area contributed by atoms with Gasteiger partial charge in [-0.3, -0.25) is 0 Å². The molecule has 1 saturated heterocycles. The van der Waals surface area contributed by atoms with Gasteiger partial charge in [0.2, 0.25) is 0 Å². The van der Waals surface area contributed by atoms with E-state index < -0.39 is 30.2 Å². The van der Waals surface area contributed by atoms with Gasteiger partial charge in [0.1, 0.15) is 24.1 Å². The standard InChI is InChI=1S/C9H12FN3O5/c10-13-2-1-5(12-9(13)17)11-8-7(16)6(15)4(14)3-18-8/h1-2,4,6-8,14-16H,3H2,(H,11,12,17)/t4-,6-,7+,8?/m1/s1. The van der Waals surface area contributed by atoms with E-state index in [9.17, 15) is 24.6 Å². The normalized spacial score (nSPS) is 32.2. The Morgan fingerprint density at radius 1 is 1.44 bits per heavy atom. The van der Waals surface area contributed by atoms with E-state index in [4.69, 9.17) is 4.74 Å². The number of aliphatic hydroxyl groups is 3. The fourth-order valence-electron chi connectivity index (χ4n) is 1.55. The van der Waals surface area contributed by atoms with Gasteiger partial charge in [0.15, 0.2) is 6.23 Å². The molecule has 4 N–H and O–H groups in total. The maximum atomic E-state index is 12.6. The first kappa shape index (κ1) is 12.9. The van der Waals surface area contributed by atoms with E-state index in [2.05, 4.69) is 10.3 Å². The molecule has 100 valence electrons. The molecule has 8 nitrogen and oxygen atoms in total. The van der Waals surface area contributed by atoms with Crippen LogP contribution < -0.4 is 11.0 Å². The van der Waals surface area contributed by atoms with Crippen molar-refractivity contribution in [2.75, 3.05) is 11.9 Å². The molecule has 0 aliphatic carbocycles. The molecular weight excluding hydrogens is 249 g/mol. The van der Waals surface area contributed by atoms with Crippen LogP contribution in [0.1, 0.15) is 0 Å². The van der Waals surface area contributed by atoms with Crippen LogP contribution in [0.15, 0.2) is 17.1 Å². The van der Waals surface area contributed by atoms with Crippen LogP contribution in [0.2, 0.25) is 0 Å². The molecule has 1 aromatic rings. The van der Waals surface area contributed by atoms with Gasteiger partial charge in [-0.15, -0.1) is 4.79 Å². The lowest BCUT2D eigenvalue weighted by Gasteiger charge is -2.35. The van der Waals surface area contributed by atoms with Crippen LogP contribution in [-0.2, 0) is 4.74 Å². The van der Waals surface area contributed by atoms with E-state index in [1.54, 1.807) is 0 Å². The minimum Gasteiger partial charge on any atom is -0.388 e. The van der Waals surface area contributed by atoms with Crippen LogP contribution in [0.3, 0.4) is 0 Å². The molecule has 0 amide bonds. The predicted octanol–water partition coefficient (Wildman–Crippen LogP) is -2.17. The summed E-state index contributed by atoms with van der Waals surface area (Å²) in [6.07, 6.45) is -4.17. The lowest BCUT2D eigenvalue weighted by molar-refractivity contribution is -0.178. The van der Waals surface area contributed by atoms with Crippen LogP contribution in [0.4, 0.5) is 10.3 Å². The Labute approximate surface area is 100 Å². The number of ether oxygens (including phenoxy) is 1. The second-order valence-electron chi connectivity index (χ2n) is 3.85. The van der Waals surface area contributed by atoms with Gasteiger partial charge in [-0.05, 0) is 6.07 Å². The van der Waals surface area contributed by atoms with Crippen molar-refractivity contribution in [2.24, 2.45) is 0 Å². The van der Waals surface area contributed by atoms with E-state index in [1.165, 1.54) is 0 Å². The molecule has 1 aliphatic heterocycles. The summed E-state index contributed by atoms with van der Waals surface area (Å²) in [5.74, 6) is -0.0125. The van der Waals surface area contributed by atoms with Gasteiger partial charge < -0.3 is 25.4 Å². The first-order valence-electron chi connectivity index (χ1n) is 5.17. The largest absolute Gasteiger partial charge is 0.388 e. The van der Waals surface area contributed by atoms with Gasteiger partial charge in [0.25, 0.3) is 0 Å². The molecule has 9 heteroatoms. The Morgan fingerprint density at radius 2 is 2.17 bits per heavy atom. The van der Waals surface area contributed by atoms with Crippen LogP contribution >= 0.6 is 0 Å². The quantitative estimate of drug-likeness (QED) is 0.478. The zero-order valence-electron chi connectivity index (χ0n) is 9.10. The highest BCUT2D eigenvalue weighted by atomic mass is 19.2. The third-order valence-corrected chi connectivity index (χ3v) is 2.55. The zero-order valence-corrected chi connectivity index (χ0v) is 9.10. The summed E-state index contributed by atoms with van der Waals surface area (Å²) in [5, 5.41) is 30.8. The first-order valence-corrected chi connectivity index (χ1v) is 5.17. The molecule has 0 spiro atoms. The van der Waals surface area contributed by atoms with Crippen molar-refractivity contribution in [3.63, 3.8) is 0 Å². The molecule has 1 fully saturated rings. The number of nitrogens with one attached hydrogen (secondary N) is 1. The fourth-order valence-corrected chi connectivity index (χ4v) is 1.55. The van der Waals surface area contributed by atoms with Crippen LogP contribution in [0.5, 0.6) is 0 Å². The van der Waals surface area contributed by atoms with E-state index >= 15 is 0 Å². The fraction of sp³-hybridized carbons (Fsp3) is 0.556. The molecular formula is C9H12FN3O5. The van der Waals surface area contributed by atoms with Gasteiger partial charge in [0.05, 0.1) is 6.61 Å². The highest BCUT2D eigenvalue weighted by Gasteiger charge is 2.37. The second kappa shape index (κ2) is 4.98. The van der Waals surface area contributed by atoms with E-state index in [1.807, 2.05) is 0 Å². The minimum absolute atomic E-state index is 0.0125. The Bertz CT molecular complexity index is 482. The average Bonchev–Trinajstić information content (AvgIpc) is 2.34.